The molecule has 0 spiro atoms. The van der Waals surface area contributed by atoms with E-state index in [9.17, 15) is 4.79 Å². The Balaban J connectivity index is 3.65. The van der Waals surface area contributed by atoms with E-state index in [4.69, 9.17) is 18.0 Å². The molecule has 0 heterocycles. The van der Waals surface area contributed by atoms with Crippen molar-refractivity contribution in [3.05, 3.63) is 0 Å². The van der Waals surface area contributed by atoms with Gasteiger partial charge < -0.3 is 11.1 Å². The van der Waals surface area contributed by atoms with Crippen molar-refractivity contribution in [2.75, 3.05) is 0 Å². The minimum Gasteiger partial charge on any atom is -0.392 e. The predicted octanol–water partition coefficient (Wildman–Crippen LogP) is 3.31. The molecule has 0 aromatic heterocycles. The van der Waals surface area contributed by atoms with Gasteiger partial charge in [-0.3, -0.25) is 4.79 Å². The second-order valence-electron chi connectivity index (χ2n) is 4.83. The lowest BCUT2D eigenvalue weighted by atomic mass is 10.1. The molecule has 3 N–H and O–H groups in total. The first-order valence-electron chi connectivity index (χ1n) is 7.20. The Kier molecular flexibility index (Phi) is 11.0. The van der Waals surface area contributed by atoms with Gasteiger partial charge in [-0.05, 0) is 12.8 Å². The molecule has 0 rings (SSSR count). The molecule has 1 atom stereocenters. The molecule has 0 saturated carbocycles. The summed E-state index contributed by atoms with van der Waals surface area (Å²) < 4.78 is 0. The standard InChI is InChI=1S/C14H28N2OS/c1-3-5-6-7-8-9-11-13(17)16-12(10-4-2)14(15)18/h12H,3-11H2,1-2H3,(H2,15,18)(H,16,17). The first-order valence-corrected chi connectivity index (χ1v) is 7.61. The van der Waals surface area contributed by atoms with Gasteiger partial charge in [0.25, 0.3) is 0 Å². The van der Waals surface area contributed by atoms with Crippen LogP contribution in [0.1, 0.15) is 71.6 Å². The molecule has 0 aliphatic rings. The van der Waals surface area contributed by atoms with Crippen LogP contribution in [0.4, 0.5) is 0 Å². The minimum atomic E-state index is -0.127. The summed E-state index contributed by atoms with van der Waals surface area (Å²) in [6, 6.07) is -0.127. The maximum Gasteiger partial charge on any atom is 0.220 e. The quantitative estimate of drug-likeness (QED) is 0.448. The van der Waals surface area contributed by atoms with Gasteiger partial charge in [-0.25, -0.2) is 0 Å². The van der Waals surface area contributed by atoms with Crippen LogP contribution >= 0.6 is 12.2 Å². The van der Waals surface area contributed by atoms with Crippen LogP contribution in [0.25, 0.3) is 0 Å². The van der Waals surface area contributed by atoms with Gasteiger partial charge in [0.2, 0.25) is 5.91 Å². The van der Waals surface area contributed by atoms with Crippen molar-refractivity contribution < 1.29 is 4.79 Å². The fourth-order valence-electron chi connectivity index (χ4n) is 1.91. The van der Waals surface area contributed by atoms with E-state index >= 15 is 0 Å². The highest BCUT2D eigenvalue weighted by molar-refractivity contribution is 7.80. The summed E-state index contributed by atoms with van der Waals surface area (Å²) in [4.78, 5) is 12.1. The second-order valence-corrected chi connectivity index (χ2v) is 5.30. The Morgan fingerprint density at radius 2 is 1.72 bits per heavy atom. The summed E-state index contributed by atoms with van der Waals surface area (Å²) in [7, 11) is 0. The molecule has 0 aromatic rings. The molecule has 0 saturated heterocycles. The molecule has 0 aliphatic carbocycles. The van der Waals surface area contributed by atoms with E-state index in [0.717, 1.165) is 25.7 Å². The van der Waals surface area contributed by atoms with E-state index in [1.54, 1.807) is 0 Å². The zero-order valence-corrected chi connectivity index (χ0v) is 12.7. The van der Waals surface area contributed by atoms with Crippen LogP contribution in [0.15, 0.2) is 0 Å². The lowest BCUT2D eigenvalue weighted by Gasteiger charge is -2.16. The third-order valence-electron chi connectivity index (χ3n) is 3.01. The molecule has 4 heteroatoms. The highest BCUT2D eigenvalue weighted by atomic mass is 32.1. The number of nitrogens with one attached hydrogen (secondary N) is 1. The lowest BCUT2D eigenvalue weighted by molar-refractivity contribution is -0.121. The monoisotopic (exact) mass is 272 g/mol. The number of hydrogen-bond donors (Lipinski definition) is 2. The van der Waals surface area contributed by atoms with Gasteiger partial charge in [-0.15, -0.1) is 0 Å². The van der Waals surface area contributed by atoms with Crippen LogP contribution in [0.5, 0.6) is 0 Å². The molecule has 0 radical (unpaired) electrons. The maximum absolute atomic E-state index is 11.7. The van der Waals surface area contributed by atoms with Crippen molar-refractivity contribution in [3.8, 4) is 0 Å². The molecular weight excluding hydrogens is 244 g/mol. The van der Waals surface area contributed by atoms with E-state index in [-0.39, 0.29) is 11.9 Å². The molecule has 3 nitrogen and oxygen atoms in total. The summed E-state index contributed by atoms with van der Waals surface area (Å²) in [6.45, 7) is 4.27. The Morgan fingerprint density at radius 1 is 1.11 bits per heavy atom. The van der Waals surface area contributed by atoms with E-state index in [0.29, 0.717) is 11.4 Å². The van der Waals surface area contributed by atoms with Crippen LogP contribution in [-0.4, -0.2) is 16.9 Å². The lowest BCUT2D eigenvalue weighted by Crippen LogP contribution is -2.43. The van der Waals surface area contributed by atoms with Crippen LogP contribution in [0.2, 0.25) is 0 Å². The molecule has 1 unspecified atom stereocenters. The molecule has 106 valence electrons. The summed E-state index contributed by atoms with van der Waals surface area (Å²) in [5.74, 6) is 0.0803. The van der Waals surface area contributed by atoms with Crippen molar-refractivity contribution in [1.29, 1.82) is 0 Å². The molecule has 0 bridgehead atoms. The van der Waals surface area contributed by atoms with E-state index < -0.39 is 0 Å². The highest BCUT2D eigenvalue weighted by Gasteiger charge is 2.13. The summed E-state index contributed by atoms with van der Waals surface area (Å²) >= 11 is 4.95. The zero-order valence-electron chi connectivity index (χ0n) is 11.8. The Bertz CT molecular complexity index is 244. The Morgan fingerprint density at radius 3 is 2.28 bits per heavy atom. The topological polar surface area (TPSA) is 55.1 Å². The van der Waals surface area contributed by atoms with Crippen molar-refractivity contribution in [2.45, 2.75) is 77.7 Å². The normalized spacial score (nSPS) is 12.1. The summed E-state index contributed by atoms with van der Waals surface area (Å²) in [5.41, 5.74) is 5.60. The van der Waals surface area contributed by atoms with Gasteiger partial charge in [0.1, 0.15) is 0 Å². The molecule has 0 aliphatic heterocycles. The molecule has 1 amide bonds. The van der Waals surface area contributed by atoms with Crippen LogP contribution in [0, 0.1) is 0 Å². The summed E-state index contributed by atoms with van der Waals surface area (Å²) in [5, 5.41) is 2.91. The van der Waals surface area contributed by atoms with Gasteiger partial charge in [0.15, 0.2) is 0 Å². The van der Waals surface area contributed by atoms with E-state index in [1.165, 1.54) is 25.7 Å². The van der Waals surface area contributed by atoms with Crippen LogP contribution in [0.3, 0.4) is 0 Å². The minimum absolute atomic E-state index is 0.0803. The smallest absolute Gasteiger partial charge is 0.220 e. The maximum atomic E-state index is 11.7. The number of nitrogens with two attached hydrogens (primary N) is 1. The SMILES string of the molecule is CCCCCCCCC(=O)NC(CCC)C(N)=S. The van der Waals surface area contributed by atoms with Gasteiger partial charge >= 0.3 is 0 Å². The fraction of sp³-hybridized carbons (Fsp3) is 0.857. The number of amides is 1. The first kappa shape index (κ1) is 17.4. The third kappa shape index (κ3) is 9.40. The molecular formula is C14H28N2OS. The van der Waals surface area contributed by atoms with Gasteiger partial charge in [-0.2, -0.15) is 0 Å². The number of unbranched alkanes of at least 4 members (excludes halogenated alkanes) is 5. The zero-order chi connectivity index (χ0) is 13.8. The number of rotatable bonds is 11. The first-order chi connectivity index (χ1) is 8.61. The number of carbonyl (C=O) groups is 1. The van der Waals surface area contributed by atoms with Crippen molar-refractivity contribution >= 4 is 23.1 Å². The van der Waals surface area contributed by atoms with Crippen molar-refractivity contribution in [3.63, 3.8) is 0 Å². The van der Waals surface area contributed by atoms with Gasteiger partial charge in [0, 0.05) is 6.42 Å². The molecule has 0 aromatic carbocycles. The largest absolute Gasteiger partial charge is 0.392 e. The van der Waals surface area contributed by atoms with Gasteiger partial charge in [-0.1, -0.05) is 64.6 Å². The molecule has 0 fully saturated rings. The average molecular weight is 272 g/mol. The number of thiocarbonyl (C=S) groups is 1. The van der Waals surface area contributed by atoms with E-state index in [2.05, 4.69) is 19.2 Å². The number of hydrogen-bond acceptors (Lipinski definition) is 2. The van der Waals surface area contributed by atoms with Crippen LogP contribution in [-0.2, 0) is 4.79 Å². The van der Waals surface area contributed by atoms with Crippen molar-refractivity contribution in [1.82, 2.24) is 5.32 Å². The highest BCUT2D eigenvalue weighted by Crippen LogP contribution is 2.07. The molecule has 18 heavy (non-hydrogen) atoms. The Hall–Kier alpha value is -0.640. The average Bonchev–Trinajstić information content (AvgIpc) is 2.33. The summed E-state index contributed by atoms with van der Waals surface area (Å²) in [6.07, 6.45) is 9.56. The second kappa shape index (κ2) is 11.5. The predicted molar refractivity (Wildman–Crippen MR) is 81.6 cm³/mol. The Labute approximate surface area is 117 Å². The van der Waals surface area contributed by atoms with Gasteiger partial charge in [0.05, 0.1) is 11.0 Å². The van der Waals surface area contributed by atoms with Crippen LogP contribution < -0.4 is 11.1 Å². The van der Waals surface area contributed by atoms with E-state index in [1.807, 2.05) is 0 Å². The third-order valence-corrected chi connectivity index (χ3v) is 3.30. The number of carbonyl (C=O) groups excluding carboxylic acids is 1. The fourth-order valence-corrected chi connectivity index (χ4v) is 2.08. The van der Waals surface area contributed by atoms with Crippen molar-refractivity contribution in [2.24, 2.45) is 5.73 Å².